The molecule has 0 aliphatic heterocycles. The topological polar surface area (TPSA) is 43.8 Å². The maximum atomic E-state index is 13.1. The molecule has 15 heavy (non-hydrogen) atoms. The predicted molar refractivity (Wildman–Crippen MR) is 57.2 cm³/mol. The molecule has 0 saturated carbocycles. The van der Waals surface area contributed by atoms with E-state index in [1.54, 1.807) is 23.1 Å². The monoisotopic (exact) mass is 225 g/mol. The van der Waals surface area contributed by atoms with Gasteiger partial charge in [0.05, 0.1) is 23.5 Å². The highest BCUT2D eigenvalue weighted by atomic mass is 35.5. The molecule has 0 aliphatic rings. The minimum absolute atomic E-state index is 0.124. The molecule has 0 bridgehead atoms. The van der Waals surface area contributed by atoms with Crippen LogP contribution < -0.4 is 5.73 Å². The third-order valence-electron chi connectivity index (χ3n) is 1.98. The van der Waals surface area contributed by atoms with Gasteiger partial charge in [-0.3, -0.25) is 4.68 Å². The molecule has 5 heteroatoms. The summed E-state index contributed by atoms with van der Waals surface area (Å²) < 4.78 is 14.7. The Bertz CT molecular complexity index is 481. The van der Waals surface area contributed by atoms with Crippen LogP contribution in [0.5, 0.6) is 0 Å². The molecule has 0 saturated heterocycles. The SMILES string of the molecule is Nc1cnn(Cc2ccc(Cl)c(F)c2)c1. The lowest BCUT2D eigenvalue weighted by Crippen LogP contribution is -2.00. The second-order valence-corrected chi connectivity index (χ2v) is 3.63. The third-order valence-corrected chi connectivity index (χ3v) is 2.29. The summed E-state index contributed by atoms with van der Waals surface area (Å²) in [6.45, 7) is 0.477. The van der Waals surface area contributed by atoms with E-state index in [0.29, 0.717) is 12.2 Å². The minimum atomic E-state index is -0.422. The number of rotatable bonds is 2. The summed E-state index contributed by atoms with van der Waals surface area (Å²) in [6.07, 6.45) is 3.23. The summed E-state index contributed by atoms with van der Waals surface area (Å²) in [5, 5.41) is 4.12. The number of halogens is 2. The van der Waals surface area contributed by atoms with Gasteiger partial charge in [-0.25, -0.2) is 4.39 Å². The van der Waals surface area contributed by atoms with Gasteiger partial charge < -0.3 is 5.73 Å². The lowest BCUT2D eigenvalue weighted by molar-refractivity contribution is 0.619. The number of hydrogen-bond donors (Lipinski definition) is 1. The Hall–Kier alpha value is -1.55. The van der Waals surface area contributed by atoms with Gasteiger partial charge in [0, 0.05) is 6.20 Å². The smallest absolute Gasteiger partial charge is 0.142 e. The Morgan fingerprint density at radius 1 is 1.47 bits per heavy atom. The van der Waals surface area contributed by atoms with Crippen molar-refractivity contribution in [2.45, 2.75) is 6.54 Å². The highest BCUT2D eigenvalue weighted by molar-refractivity contribution is 6.30. The van der Waals surface area contributed by atoms with E-state index in [-0.39, 0.29) is 5.02 Å². The normalized spacial score (nSPS) is 10.5. The largest absolute Gasteiger partial charge is 0.396 e. The van der Waals surface area contributed by atoms with E-state index in [1.165, 1.54) is 12.1 Å². The Morgan fingerprint density at radius 2 is 2.27 bits per heavy atom. The van der Waals surface area contributed by atoms with Gasteiger partial charge in [-0.15, -0.1) is 0 Å². The number of nitrogens with two attached hydrogens (primary N) is 1. The van der Waals surface area contributed by atoms with Crippen molar-refractivity contribution in [1.29, 1.82) is 0 Å². The third kappa shape index (κ3) is 2.27. The standard InChI is InChI=1S/C10H9ClFN3/c11-9-2-1-7(3-10(9)12)5-15-6-8(13)4-14-15/h1-4,6H,5,13H2. The number of hydrogen-bond acceptors (Lipinski definition) is 2. The Morgan fingerprint density at radius 3 is 2.87 bits per heavy atom. The molecule has 0 unspecified atom stereocenters. The highest BCUT2D eigenvalue weighted by Gasteiger charge is 2.02. The van der Waals surface area contributed by atoms with Crippen LogP contribution in [0.15, 0.2) is 30.6 Å². The predicted octanol–water partition coefficient (Wildman–Crippen LogP) is 2.31. The van der Waals surface area contributed by atoms with Gasteiger partial charge in [0.2, 0.25) is 0 Å². The molecule has 2 N–H and O–H groups in total. The quantitative estimate of drug-likeness (QED) is 0.853. The summed E-state index contributed by atoms with van der Waals surface area (Å²) in [7, 11) is 0. The zero-order valence-electron chi connectivity index (χ0n) is 7.82. The van der Waals surface area contributed by atoms with Crippen molar-refractivity contribution >= 4 is 17.3 Å². The molecule has 0 fully saturated rings. The first kappa shape index (κ1) is 9.98. The molecule has 0 aliphatic carbocycles. The number of aromatic nitrogens is 2. The Kier molecular flexibility index (Phi) is 2.60. The summed E-state index contributed by atoms with van der Waals surface area (Å²) in [6, 6.07) is 4.67. The molecule has 3 nitrogen and oxygen atoms in total. The number of anilines is 1. The summed E-state index contributed by atoms with van der Waals surface area (Å²) in [5.74, 6) is -0.422. The van der Waals surface area contributed by atoms with E-state index in [9.17, 15) is 4.39 Å². The number of nitrogens with zero attached hydrogens (tertiary/aromatic N) is 2. The molecule has 1 aromatic heterocycles. The van der Waals surface area contributed by atoms with E-state index in [0.717, 1.165) is 5.56 Å². The van der Waals surface area contributed by atoms with Crippen molar-refractivity contribution in [2.75, 3.05) is 5.73 Å². The molecular formula is C10H9ClFN3. The van der Waals surface area contributed by atoms with Crippen LogP contribution in [0.3, 0.4) is 0 Å². The average Bonchev–Trinajstić information content (AvgIpc) is 2.58. The van der Waals surface area contributed by atoms with Gasteiger partial charge in [-0.05, 0) is 17.7 Å². The van der Waals surface area contributed by atoms with Crippen LogP contribution in [0.25, 0.3) is 0 Å². The van der Waals surface area contributed by atoms with Crippen LogP contribution in [0.1, 0.15) is 5.56 Å². The first-order chi connectivity index (χ1) is 7.15. The van der Waals surface area contributed by atoms with Gasteiger partial charge in [0.1, 0.15) is 5.82 Å². The fraction of sp³-hybridized carbons (Fsp3) is 0.100. The zero-order valence-corrected chi connectivity index (χ0v) is 8.58. The Labute approximate surface area is 91.3 Å². The van der Waals surface area contributed by atoms with Crippen molar-refractivity contribution in [1.82, 2.24) is 9.78 Å². The van der Waals surface area contributed by atoms with Crippen LogP contribution in [-0.4, -0.2) is 9.78 Å². The van der Waals surface area contributed by atoms with Gasteiger partial charge in [-0.2, -0.15) is 5.10 Å². The first-order valence-electron chi connectivity index (χ1n) is 4.37. The molecule has 2 aromatic rings. The average molecular weight is 226 g/mol. The van der Waals surface area contributed by atoms with Gasteiger partial charge in [0.15, 0.2) is 0 Å². The number of benzene rings is 1. The molecule has 1 aromatic carbocycles. The van der Waals surface area contributed by atoms with Crippen molar-refractivity contribution in [3.8, 4) is 0 Å². The fourth-order valence-electron chi connectivity index (χ4n) is 1.29. The maximum absolute atomic E-state index is 13.1. The van der Waals surface area contributed by atoms with Gasteiger partial charge in [0.25, 0.3) is 0 Å². The molecule has 2 rings (SSSR count). The summed E-state index contributed by atoms with van der Waals surface area (Å²) in [4.78, 5) is 0. The minimum Gasteiger partial charge on any atom is -0.396 e. The fourth-order valence-corrected chi connectivity index (χ4v) is 1.41. The van der Waals surface area contributed by atoms with Gasteiger partial charge in [-0.1, -0.05) is 17.7 Å². The van der Waals surface area contributed by atoms with E-state index < -0.39 is 5.82 Å². The van der Waals surface area contributed by atoms with Crippen molar-refractivity contribution in [3.63, 3.8) is 0 Å². The van der Waals surface area contributed by atoms with Crippen LogP contribution in [0.2, 0.25) is 5.02 Å². The van der Waals surface area contributed by atoms with Gasteiger partial charge >= 0.3 is 0 Å². The van der Waals surface area contributed by atoms with E-state index >= 15 is 0 Å². The number of nitrogen functional groups attached to an aromatic ring is 1. The van der Waals surface area contributed by atoms with Crippen molar-refractivity contribution < 1.29 is 4.39 Å². The van der Waals surface area contributed by atoms with E-state index in [4.69, 9.17) is 17.3 Å². The maximum Gasteiger partial charge on any atom is 0.142 e. The van der Waals surface area contributed by atoms with Crippen molar-refractivity contribution in [2.24, 2.45) is 0 Å². The summed E-state index contributed by atoms with van der Waals surface area (Å²) in [5.41, 5.74) is 6.89. The first-order valence-corrected chi connectivity index (χ1v) is 4.75. The molecule has 0 spiro atoms. The van der Waals surface area contributed by atoms with Crippen LogP contribution in [0, 0.1) is 5.82 Å². The lowest BCUT2D eigenvalue weighted by Gasteiger charge is -2.02. The molecular weight excluding hydrogens is 217 g/mol. The zero-order chi connectivity index (χ0) is 10.8. The van der Waals surface area contributed by atoms with Crippen molar-refractivity contribution in [3.05, 3.63) is 47.0 Å². The van der Waals surface area contributed by atoms with Crippen LogP contribution >= 0.6 is 11.6 Å². The van der Waals surface area contributed by atoms with E-state index in [2.05, 4.69) is 5.10 Å². The molecule has 0 atom stereocenters. The molecule has 1 heterocycles. The molecule has 0 radical (unpaired) electrons. The highest BCUT2D eigenvalue weighted by Crippen LogP contribution is 2.16. The van der Waals surface area contributed by atoms with Crippen LogP contribution in [-0.2, 0) is 6.54 Å². The van der Waals surface area contributed by atoms with Crippen LogP contribution in [0.4, 0.5) is 10.1 Å². The Balaban J connectivity index is 2.21. The lowest BCUT2D eigenvalue weighted by atomic mass is 10.2. The van der Waals surface area contributed by atoms with E-state index in [1.807, 2.05) is 0 Å². The second kappa shape index (κ2) is 3.90. The second-order valence-electron chi connectivity index (χ2n) is 3.22. The molecule has 78 valence electrons. The summed E-state index contributed by atoms with van der Waals surface area (Å²) >= 11 is 5.57. The molecule has 0 amide bonds.